The summed E-state index contributed by atoms with van der Waals surface area (Å²) in [4.78, 5) is 21.7. The summed E-state index contributed by atoms with van der Waals surface area (Å²) in [7, 11) is 0. The molecular formula is C13H13FN2O4. The predicted molar refractivity (Wildman–Crippen MR) is 67.1 cm³/mol. The average molecular weight is 280 g/mol. The first-order valence-corrected chi connectivity index (χ1v) is 5.84. The third kappa shape index (κ3) is 3.51. The van der Waals surface area contributed by atoms with E-state index in [2.05, 4.69) is 0 Å². The summed E-state index contributed by atoms with van der Waals surface area (Å²) < 4.78 is 18.1. The van der Waals surface area contributed by atoms with Crippen molar-refractivity contribution in [1.29, 1.82) is 5.26 Å². The summed E-state index contributed by atoms with van der Waals surface area (Å²) >= 11 is 0. The fourth-order valence-electron chi connectivity index (χ4n) is 1.70. The Balaban J connectivity index is 3.10. The Morgan fingerprint density at radius 2 is 2.20 bits per heavy atom. The van der Waals surface area contributed by atoms with Gasteiger partial charge in [-0.15, -0.1) is 0 Å². The Labute approximate surface area is 114 Å². The molecule has 0 aromatic heterocycles. The van der Waals surface area contributed by atoms with Gasteiger partial charge in [-0.3, -0.25) is 14.9 Å². The summed E-state index contributed by atoms with van der Waals surface area (Å²) in [5.74, 6) is -1.53. The summed E-state index contributed by atoms with van der Waals surface area (Å²) in [6.07, 6.45) is -0.166. The number of hydrogen-bond donors (Lipinski definition) is 0. The van der Waals surface area contributed by atoms with Crippen LogP contribution in [0.5, 0.6) is 0 Å². The van der Waals surface area contributed by atoms with Crippen LogP contribution in [0.4, 0.5) is 10.1 Å². The summed E-state index contributed by atoms with van der Waals surface area (Å²) in [5.41, 5.74) is -1.75. The molecule has 0 aliphatic rings. The molecule has 0 radical (unpaired) electrons. The van der Waals surface area contributed by atoms with Crippen LogP contribution < -0.4 is 0 Å². The number of nitro groups is 1. The summed E-state index contributed by atoms with van der Waals surface area (Å²) in [6.45, 7) is 3.06. The Kier molecular flexibility index (Phi) is 4.75. The maximum Gasteiger partial charge on any atom is 0.326 e. The second-order valence-electron chi connectivity index (χ2n) is 4.42. The van der Waals surface area contributed by atoms with Gasteiger partial charge in [0, 0.05) is 12.5 Å². The molecule has 1 aromatic carbocycles. The minimum Gasteiger partial charge on any atom is -0.465 e. The zero-order valence-corrected chi connectivity index (χ0v) is 11.1. The van der Waals surface area contributed by atoms with E-state index in [1.807, 2.05) is 6.07 Å². The van der Waals surface area contributed by atoms with E-state index < -0.39 is 27.8 Å². The monoisotopic (exact) mass is 280 g/mol. The van der Waals surface area contributed by atoms with Crippen LogP contribution in [0.15, 0.2) is 18.2 Å². The first kappa shape index (κ1) is 15.6. The van der Waals surface area contributed by atoms with Crippen molar-refractivity contribution in [1.82, 2.24) is 0 Å². The van der Waals surface area contributed by atoms with E-state index in [9.17, 15) is 19.3 Å². The quantitative estimate of drug-likeness (QED) is 0.469. The maximum absolute atomic E-state index is 13.3. The van der Waals surface area contributed by atoms with Crippen LogP contribution in [0.1, 0.15) is 19.4 Å². The fourth-order valence-corrected chi connectivity index (χ4v) is 1.70. The van der Waals surface area contributed by atoms with E-state index in [-0.39, 0.29) is 18.6 Å². The van der Waals surface area contributed by atoms with Crippen molar-refractivity contribution in [3.05, 3.63) is 39.7 Å². The lowest BCUT2D eigenvalue weighted by Gasteiger charge is -2.19. The van der Waals surface area contributed by atoms with Crippen LogP contribution >= 0.6 is 0 Å². The van der Waals surface area contributed by atoms with Gasteiger partial charge >= 0.3 is 5.97 Å². The molecule has 0 saturated carbocycles. The van der Waals surface area contributed by atoms with Gasteiger partial charge in [-0.2, -0.15) is 5.26 Å². The van der Waals surface area contributed by atoms with Crippen molar-refractivity contribution in [2.45, 2.75) is 20.3 Å². The lowest BCUT2D eigenvalue weighted by Crippen LogP contribution is -2.30. The average Bonchev–Trinajstić information content (AvgIpc) is 2.38. The van der Waals surface area contributed by atoms with Crippen molar-refractivity contribution in [2.24, 2.45) is 5.41 Å². The van der Waals surface area contributed by atoms with E-state index in [1.165, 1.54) is 6.92 Å². The van der Waals surface area contributed by atoms with Crippen LogP contribution in [-0.2, 0) is 16.0 Å². The van der Waals surface area contributed by atoms with Gasteiger partial charge in [-0.1, -0.05) is 0 Å². The van der Waals surface area contributed by atoms with Crippen LogP contribution in [0.2, 0.25) is 0 Å². The molecule has 0 aliphatic heterocycles. The van der Waals surface area contributed by atoms with Crippen molar-refractivity contribution >= 4 is 11.7 Å². The highest BCUT2D eigenvalue weighted by Crippen LogP contribution is 2.26. The number of non-ortho nitro benzene ring substituents is 1. The first-order valence-electron chi connectivity index (χ1n) is 5.84. The number of hydrogen-bond acceptors (Lipinski definition) is 5. The normalized spacial score (nSPS) is 13.1. The van der Waals surface area contributed by atoms with Gasteiger partial charge in [0.1, 0.15) is 5.82 Å². The number of rotatable bonds is 5. The van der Waals surface area contributed by atoms with Gasteiger partial charge in [0.2, 0.25) is 0 Å². The van der Waals surface area contributed by atoms with Crippen molar-refractivity contribution < 1.29 is 18.8 Å². The molecule has 1 aromatic rings. The van der Waals surface area contributed by atoms with Gasteiger partial charge in [0.25, 0.3) is 5.69 Å². The third-order valence-electron chi connectivity index (χ3n) is 2.68. The molecule has 1 unspecified atom stereocenters. The number of carbonyl (C=O) groups excluding carboxylic acids is 1. The molecule has 6 nitrogen and oxygen atoms in total. The molecule has 20 heavy (non-hydrogen) atoms. The molecule has 0 saturated heterocycles. The molecule has 0 N–H and O–H groups in total. The molecule has 0 amide bonds. The molecule has 0 aliphatic carbocycles. The van der Waals surface area contributed by atoms with Crippen LogP contribution in [-0.4, -0.2) is 17.5 Å². The predicted octanol–water partition coefficient (Wildman–Crippen LogP) is 2.37. The Morgan fingerprint density at radius 1 is 1.55 bits per heavy atom. The van der Waals surface area contributed by atoms with Crippen molar-refractivity contribution in [3.8, 4) is 6.07 Å². The zero-order chi connectivity index (χ0) is 15.3. The Morgan fingerprint density at radius 3 is 2.70 bits per heavy atom. The van der Waals surface area contributed by atoms with Crippen molar-refractivity contribution in [3.63, 3.8) is 0 Å². The number of nitriles is 1. The standard InChI is InChI=1S/C13H13FN2O4/c1-3-20-12(17)13(2,8-15)7-9-4-10(14)6-11(5-9)16(18)19/h4-6H,3,7H2,1-2H3. The first-order chi connectivity index (χ1) is 9.32. The SMILES string of the molecule is CCOC(=O)C(C)(C#N)Cc1cc(F)cc([N+](=O)[O-])c1. The number of nitro benzene ring substituents is 1. The largest absolute Gasteiger partial charge is 0.465 e. The lowest BCUT2D eigenvalue weighted by atomic mass is 9.85. The fraction of sp³-hybridized carbons (Fsp3) is 0.385. The molecule has 106 valence electrons. The molecule has 0 fully saturated rings. The Bertz CT molecular complexity index is 582. The maximum atomic E-state index is 13.3. The highest BCUT2D eigenvalue weighted by molar-refractivity contribution is 5.80. The van der Waals surface area contributed by atoms with Gasteiger partial charge in [0.15, 0.2) is 5.41 Å². The third-order valence-corrected chi connectivity index (χ3v) is 2.68. The molecule has 1 atom stereocenters. The molecule has 0 bridgehead atoms. The van der Waals surface area contributed by atoms with Gasteiger partial charge in [-0.05, 0) is 25.5 Å². The van der Waals surface area contributed by atoms with Gasteiger partial charge < -0.3 is 4.74 Å². The second-order valence-corrected chi connectivity index (χ2v) is 4.42. The van der Waals surface area contributed by atoms with Gasteiger partial charge in [0.05, 0.1) is 23.7 Å². The highest BCUT2D eigenvalue weighted by atomic mass is 19.1. The zero-order valence-electron chi connectivity index (χ0n) is 11.1. The smallest absolute Gasteiger partial charge is 0.326 e. The van der Waals surface area contributed by atoms with E-state index in [4.69, 9.17) is 10.00 Å². The van der Waals surface area contributed by atoms with E-state index in [1.54, 1.807) is 6.92 Å². The number of esters is 1. The molecule has 1 rings (SSSR count). The van der Waals surface area contributed by atoms with Gasteiger partial charge in [-0.25, -0.2) is 4.39 Å². The number of ether oxygens (including phenoxy) is 1. The minimum atomic E-state index is -1.52. The van der Waals surface area contributed by atoms with Crippen LogP contribution in [0.25, 0.3) is 0 Å². The second kappa shape index (κ2) is 6.10. The Hall–Kier alpha value is -2.49. The number of nitrogens with zero attached hydrogens (tertiary/aromatic N) is 2. The number of halogens is 1. The molecule has 0 spiro atoms. The summed E-state index contributed by atoms with van der Waals surface area (Å²) in [6, 6.07) is 4.78. The molecule has 7 heteroatoms. The molecular weight excluding hydrogens is 267 g/mol. The van der Waals surface area contributed by atoms with E-state index in [0.29, 0.717) is 0 Å². The van der Waals surface area contributed by atoms with E-state index >= 15 is 0 Å². The van der Waals surface area contributed by atoms with Crippen LogP contribution in [0, 0.1) is 32.7 Å². The summed E-state index contributed by atoms with van der Waals surface area (Å²) in [5, 5.41) is 19.8. The topological polar surface area (TPSA) is 93.2 Å². The highest BCUT2D eigenvalue weighted by Gasteiger charge is 2.35. The molecule has 0 heterocycles. The van der Waals surface area contributed by atoms with Crippen molar-refractivity contribution in [2.75, 3.05) is 6.61 Å². The van der Waals surface area contributed by atoms with Crippen LogP contribution in [0.3, 0.4) is 0 Å². The number of carbonyl (C=O) groups is 1. The number of benzene rings is 1. The van der Waals surface area contributed by atoms with E-state index in [0.717, 1.165) is 18.2 Å². The lowest BCUT2D eigenvalue weighted by molar-refractivity contribution is -0.385. The minimum absolute atomic E-state index is 0.111.